The Bertz CT molecular complexity index is 124. The summed E-state index contributed by atoms with van der Waals surface area (Å²) in [5.41, 5.74) is 0. The highest BCUT2D eigenvalue weighted by atomic mass is 13.9. The molecule has 0 N–H and O–H groups in total. The quantitative estimate of drug-likeness (QED) is 0.295. The fourth-order valence-electron chi connectivity index (χ4n) is 1.79. The highest BCUT2D eigenvalue weighted by Gasteiger charge is 1.87. The molecule has 0 fully saturated rings. The van der Waals surface area contributed by atoms with E-state index in [0.717, 1.165) is 0 Å². The second kappa shape index (κ2) is 13.7. The van der Waals surface area contributed by atoms with Crippen LogP contribution in [-0.2, 0) is 0 Å². The summed E-state index contributed by atoms with van der Waals surface area (Å²) in [5.74, 6) is 0. The maximum atomic E-state index is 2.39. The third kappa shape index (κ3) is 13.7. The van der Waals surface area contributed by atoms with Gasteiger partial charge in [0.25, 0.3) is 0 Å². The van der Waals surface area contributed by atoms with Crippen LogP contribution in [0.4, 0.5) is 0 Å². The van der Waals surface area contributed by atoms with E-state index in [4.69, 9.17) is 0 Å². The summed E-state index contributed by atoms with van der Waals surface area (Å²) >= 11 is 0. The third-order valence-electron chi connectivity index (χ3n) is 2.87. The monoisotopic (exact) mass is 210 g/mol. The average molecular weight is 210 g/mol. The van der Waals surface area contributed by atoms with E-state index in [9.17, 15) is 0 Å². The lowest BCUT2D eigenvalue weighted by Gasteiger charge is -1.96. The molecule has 0 aliphatic carbocycles. The van der Waals surface area contributed by atoms with Crippen LogP contribution in [0.3, 0.4) is 0 Å². The van der Waals surface area contributed by atoms with Crippen molar-refractivity contribution in [1.29, 1.82) is 0 Å². The van der Waals surface area contributed by atoms with Gasteiger partial charge < -0.3 is 0 Å². The molecule has 90 valence electrons. The predicted molar refractivity (Wildman–Crippen MR) is 71.3 cm³/mol. The van der Waals surface area contributed by atoms with Gasteiger partial charge in [0.2, 0.25) is 0 Å². The zero-order valence-corrected chi connectivity index (χ0v) is 10.9. The van der Waals surface area contributed by atoms with E-state index >= 15 is 0 Å². The molecule has 0 amide bonds. The van der Waals surface area contributed by atoms with E-state index in [1.165, 1.54) is 70.6 Å². The van der Waals surface area contributed by atoms with Gasteiger partial charge in [0.15, 0.2) is 0 Å². The molecule has 0 atom stereocenters. The fraction of sp³-hybridized carbons (Fsp3) is 0.867. The molecule has 0 bridgehead atoms. The van der Waals surface area contributed by atoms with Crippen molar-refractivity contribution in [3.63, 3.8) is 0 Å². The molecule has 0 aliphatic rings. The summed E-state index contributed by atoms with van der Waals surface area (Å²) in [6, 6.07) is 0. The topological polar surface area (TPSA) is 0 Å². The lowest BCUT2D eigenvalue weighted by Crippen LogP contribution is -1.76. The zero-order chi connectivity index (χ0) is 11.2. The first kappa shape index (κ1) is 14.7. The van der Waals surface area contributed by atoms with Gasteiger partial charge in [-0.05, 0) is 25.7 Å². The van der Waals surface area contributed by atoms with E-state index in [2.05, 4.69) is 26.0 Å². The Morgan fingerprint density at radius 3 is 1.40 bits per heavy atom. The molecule has 0 aromatic rings. The lowest BCUT2D eigenvalue weighted by atomic mass is 10.1. The van der Waals surface area contributed by atoms with Gasteiger partial charge in [-0.25, -0.2) is 0 Å². The van der Waals surface area contributed by atoms with Gasteiger partial charge in [-0.15, -0.1) is 0 Å². The Kier molecular flexibility index (Phi) is 13.5. The second-order valence-electron chi connectivity index (χ2n) is 4.52. The van der Waals surface area contributed by atoms with Crippen LogP contribution in [0.5, 0.6) is 0 Å². The molecule has 15 heavy (non-hydrogen) atoms. The van der Waals surface area contributed by atoms with E-state index in [0.29, 0.717) is 0 Å². The van der Waals surface area contributed by atoms with Crippen molar-refractivity contribution in [3.8, 4) is 0 Å². The average Bonchev–Trinajstić information content (AvgIpc) is 2.26. The summed E-state index contributed by atoms with van der Waals surface area (Å²) in [4.78, 5) is 0. The van der Waals surface area contributed by atoms with E-state index in [1.54, 1.807) is 0 Å². The summed E-state index contributed by atoms with van der Waals surface area (Å²) in [7, 11) is 0. The maximum absolute atomic E-state index is 2.39. The van der Waals surface area contributed by atoms with Crippen molar-refractivity contribution in [2.24, 2.45) is 0 Å². The standard InChI is InChI=1S/C15H30/c1-3-5-7-9-11-13-15-14-12-10-8-6-4-2/h13,15H,3-12,14H2,1-2H3/b15-13-. The third-order valence-corrected chi connectivity index (χ3v) is 2.87. The van der Waals surface area contributed by atoms with Gasteiger partial charge in [0.1, 0.15) is 0 Å². The second-order valence-corrected chi connectivity index (χ2v) is 4.52. The Morgan fingerprint density at radius 2 is 0.933 bits per heavy atom. The fourth-order valence-corrected chi connectivity index (χ4v) is 1.79. The molecule has 0 aliphatic heterocycles. The number of hydrogen-bond acceptors (Lipinski definition) is 0. The van der Waals surface area contributed by atoms with Crippen LogP contribution in [0.25, 0.3) is 0 Å². The molecule has 0 radical (unpaired) electrons. The molecule has 0 unspecified atom stereocenters. The Morgan fingerprint density at radius 1 is 0.533 bits per heavy atom. The van der Waals surface area contributed by atoms with E-state index in [-0.39, 0.29) is 0 Å². The number of hydrogen-bond donors (Lipinski definition) is 0. The van der Waals surface area contributed by atoms with Crippen LogP contribution < -0.4 is 0 Å². The first-order valence-corrected chi connectivity index (χ1v) is 7.06. The molecule has 0 saturated carbocycles. The molecule has 0 spiro atoms. The van der Waals surface area contributed by atoms with Gasteiger partial charge in [-0.3, -0.25) is 0 Å². The van der Waals surface area contributed by atoms with Gasteiger partial charge >= 0.3 is 0 Å². The van der Waals surface area contributed by atoms with Crippen LogP contribution in [0.2, 0.25) is 0 Å². The first-order valence-electron chi connectivity index (χ1n) is 7.06. The lowest BCUT2D eigenvalue weighted by molar-refractivity contribution is 0.636. The van der Waals surface area contributed by atoms with Crippen molar-refractivity contribution < 1.29 is 0 Å². The highest BCUT2D eigenvalue weighted by molar-refractivity contribution is 4.81. The normalized spacial score (nSPS) is 11.3. The van der Waals surface area contributed by atoms with Crippen molar-refractivity contribution in [2.45, 2.75) is 84.5 Å². The van der Waals surface area contributed by atoms with Crippen molar-refractivity contribution in [2.75, 3.05) is 0 Å². The van der Waals surface area contributed by atoms with Crippen LogP contribution in [0, 0.1) is 0 Å². The largest absolute Gasteiger partial charge is 0.0885 e. The Labute approximate surface area is 97.2 Å². The number of rotatable bonds is 11. The molecule has 0 rings (SSSR count). The van der Waals surface area contributed by atoms with E-state index < -0.39 is 0 Å². The van der Waals surface area contributed by atoms with Gasteiger partial charge in [-0.1, -0.05) is 70.9 Å². The van der Waals surface area contributed by atoms with Crippen LogP contribution >= 0.6 is 0 Å². The number of allylic oxidation sites excluding steroid dienone is 2. The molecule has 0 saturated heterocycles. The first-order chi connectivity index (χ1) is 7.41. The Balaban J connectivity index is 2.97. The summed E-state index contributed by atoms with van der Waals surface area (Å²) in [6.07, 6.45) is 20.0. The minimum atomic E-state index is 1.30. The van der Waals surface area contributed by atoms with Gasteiger partial charge in [0, 0.05) is 0 Å². The molecular weight excluding hydrogens is 180 g/mol. The van der Waals surface area contributed by atoms with Crippen molar-refractivity contribution in [3.05, 3.63) is 12.2 Å². The molecule has 0 aromatic heterocycles. The summed E-state index contributed by atoms with van der Waals surface area (Å²) in [5, 5.41) is 0. The minimum Gasteiger partial charge on any atom is -0.0885 e. The van der Waals surface area contributed by atoms with E-state index in [1.807, 2.05) is 0 Å². The van der Waals surface area contributed by atoms with Crippen molar-refractivity contribution >= 4 is 0 Å². The maximum Gasteiger partial charge on any atom is -0.0351 e. The Hall–Kier alpha value is -0.260. The zero-order valence-electron chi connectivity index (χ0n) is 10.9. The van der Waals surface area contributed by atoms with Crippen LogP contribution in [0.15, 0.2) is 12.2 Å². The number of unbranched alkanes of at least 4 members (excludes halogenated alkanes) is 9. The minimum absolute atomic E-state index is 1.30. The molecular formula is C15H30. The molecule has 0 aromatic carbocycles. The predicted octanol–water partition coefficient (Wildman–Crippen LogP) is 5.87. The summed E-state index contributed by atoms with van der Waals surface area (Å²) in [6.45, 7) is 4.54. The molecule has 0 heteroatoms. The molecule has 0 nitrogen and oxygen atoms in total. The van der Waals surface area contributed by atoms with Crippen LogP contribution in [-0.4, -0.2) is 0 Å². The smallest absolute Gasteiger partial charge is 0.0351 e. The van der Waals surface area contributed by atoms with Crippen LogP contribution in [0.1, 0.15) is 84.5 Å². The van der Waals surface area contributed by atoms with Gasteiger partial charge in [0.05, 0.1) is 0 Å². The van der Waals surface area contributed by atoms with Crippen molar-refractivity contribution in [1.82, 2.24) is 0 Å². The SMILES string of the molecule is CCCCCC/C=C\CCCCCCC. The summed E-state index contributed by atoms with van der Waals surface area (Å²) < 4.78 is 0. The molecule has 0 heterocycles. The highest BCUT2D eigenvalue weighted by Crippen LogP contribution is 2.07. The van der Waals surface area contributed by atoms with Gasteiger partial charge in [-0.2, -0.15) is 0 Å².